The number of carbonyl (C=O) groups excluding carboxylic acids is 1. The molecule has 2 aromatic rings. The average molecular weight is 504 g/mol. The van der Waals surface area contributed by atoms with E-state index in [9.17, 15) is 4.79 Å². The van der Waals surface area contributed by atoms with E-state index in [0.717, 1.165) is 69.2 Å². The number of ether oxygens (including phenoxy) is 1. The molecule has 0 amide bonds. The number of anilines is 1. The molecule has 1 aliphatic heterocycles. The largest absolute Gasteiger partial charge is 0.462 e. The van der Waals surface area contributed by atoms with Crippen molar-refractivity contribution in [3.05, 3.63) is 33.5 Å². The predicted octanol–water partition coefficient (Wildman–Crippen LogP) is 4.62. The van der Waals surface area contributed by atoms with Gasteiger partial charge in [0.2, 0.25) is 0 Å². The van der Waals surface area contributed by atoms with Crippen molar-refractivity contribution < 1.29 is 9.53 Å². The molecule has 0 radical (unpaired) electrons. The van der Waals surface area contributed by atoms with Gasteiger partial charge in [0.15, 0.2) is 5.11 Å². The second-order valence-corrected chi connectivity index (χ2v) is 10.6. The Kier molecular flexibility index (Phi) is 8.60. The van der Waals surface area contributed by atoms with Gasteiger partial charge in [-0.3, -0.25) is 9.58 Å². The number of hydrogen-bond acceptors (Lipinski definition) is 6. The van der Waals surface area contributed by atoms with Crippen LogP contribution in [0.15, 0.2) is 6.20 Å². The molecule has 0 aromatic carbocycles. The lowest BCUT2D eigenvalue weighted by Crippen LogP contribution is -2.49. The lowest BCUT2D eigenvalue weighted by atomic mass is 9.96. The molecule has 1 saturated heterocycles. The van der Waals surface area contributed by atoms with Crippen LogP contribution in [0, 0.1) is 6.92 Å². The summed E-state index contributed by atoms with van der Waals surface area (Å²) in [5.74, 6) is -0.223. The SMILES string of the molecule is CCOC(=O)c1c(NC(=S)N2CCN(Cc3cn(CC)nc3C)CC2)sc2c1CCCCCC2. The first-order chi connectivity index (χ1) is 16.5. The van der Waals surface area contributed by atoms with E-state index in [2.05, 4.69) is 40.3 Å². The minimum atomic E-state index is -0.223. The molecule has 1 fully saturated rings. The summed E-state index contributed by atoms with van der Waals surface area (Å²) in [7, 11) is 0. The van der Waals surface area contributed by atoms with Crippen LogP contribution in [0.3, 0.4) is 0 Å². The lowest BCUT2D eigenvalue weighted by Gasteiger charge is -2.36. The molecule has 0 unspecified atom stereocenters. The molecular formula is C25H37N5O2S2. The third-order valence-corrected chi connectivity index (χ3v) is 8.36. The van der Waals surface area contributed by atoms with Gasteiger partial charge in [-0.05, 0) is 64.2 Å². The van der Waals surface area contributed by atoms with E-state index in [0.29, 0.717) is 17.3 Å². The summed E-state index contributed by atoms with van der Waals surface area (Å²) in [6.07, 6.45) is 8.93. The van der Waals surface area contributed by atoms with Crippen LogP contribution in [0.2, 0.25) is 0 Å². The molecule has 4 rings (SSSR count). The maximum absolute atomic E-state index is 12.9. The third kappa shape index (κ3) is 5.80. The maximum Gasteiger partial charge on any atom is 0.341 e. The molecule has 1 aliphatic carbocycles. The van der Waals surface area contributed by atoms with Gasteiger partial charge in [-0.15, -0.1) is 11.3 Å². The second kappa shape index (κ2) is 11.6. The highest BCUT2D eigenvalue weighted by molar-refractivity contribution is 7.80. The molecule has 3 heterocycles. The van der Waals surface area contributed by atoms with Crippen molar-refractivity contribution in [1.29, 1.82) is 0 Å². The van der Waals surface area contributed by atoms with E-state index in [4.69, 9.17) is 17.0 Å². The summed E-state index contributed by atoms with van der Waals surface area (Å²) in [5.41, 5.74) is 4.31. The van der Waals surface area contributed by atoms with E-state index in [1.165, 1.54) is 35.3 Å². The van der Waals surface area contributed by atoms with Gasteiger partial charge in [-0.1, -0.05) is 12.8 Å². The topological polar surface area (TPSA) is 62.6 Å². The lowest BCUT2D eigenvalue weighted by molar-refractivity contribution is 0.0526. The average Bonchev–Trinajstić information content (AvgIpc) is 3.33. The van der Waals surface area contributed by atoms with E-state index in [1.807, 2.05) is 11.6 Å². The molecule has 0 spiro atoms. The predicted molar refractivity (Wildman–Crippen MR) is 142 cm³/mol. The summed E-state index contributed by atoms with van der Waals surface area (Å²) >= 11 is 7.50. The number of thiocarbonyl (C=S) groups is 1. The standard InChI is InChI=1S/C25H37N5O2S2/c1-4-30-17-19(18(3)27-30)16-28-12-14-29(15-13-28)25(33)26-23-22(24(31)32-5-2)20-10-8-6-7-9-11-21(20)34-23/h17H,4-16H2,1-3H3,(H,26,33). The Morgan fingerprint density at radius 1 is 1.15 bits per heavy atom. The quantitative estimate of drug-likeness (QED) is 0.456. The van der Waals surface area contributed by atoms with Crippen LogP contribution in [-0.4, -0.2) is 63.4 Å². The number of piperazine rings is 1. The van der Waals surface area contributed by atoms with Crippen LogP contribution in [0.5, 0.6) is 0 Å². The van der Waals surface area contributed by atoms with E-state index in [-0.39, 0.29) is 5.97 Å². The number of nitrogens with zero attached hydrogens (tertiary/aromatic N) is 4. The molecule has 0 saturated carbocycles. The van der Waals surface area contributed by atoms with Crippen LogP contribution < -0.4 is 5.32 Å². The van der Waals surface area contributed by atoms with E-state index >= 15 is 0 Å². The molecule has 0 atom stereocenters. The van der Waals surface area contributed by atoms with Crippen molar-refractivity contribution in [3.8, 4) is 0 Å². The van der Waals surface area contributed by atoms with Crippen LogP contribution in [0.1, 0.15) is 71.6 Å². The van der Waals surface area contributed by atoms with Gasteiger partial charge in [0, 0.05) is 55.9 Å². The molecule has 34 heavy (non-hydrogen) atoms. The number of carbonyl (C=O) groups is 1. The zero-order valence-corrected chi connectivity index (χ0v) is 22.3. The van der Waals surface area contributed by atoms with Gasteiger partial charge in [0.25, 0.3) is 0 Å². The Hall–Kier alpha value is -1.97. The zero-order chi connectivity index (χ0) is 24.1. The summed E-state index contributed by atoms with van der Waals surface area (Å²) in [6, 6.07) is 0. The number of esters is 1. The normalized spacial score (nSPS) is 17.1. The Bertz CT molecular complexity index is 1010. The number of thiophene rings is 1. The van der Waals surface area contributed by atoms with Gasteiger partial charge in [-0.2, -0.15) is 5.10 Å². The first-order valence-electron chi connectivity index (χ1n) is 12.6. The third-order valence-electron chi connectivity index (χ3n) is 6.80. The molecule has 2 aliphatic rings. The Morgan fingerprint density at radius 2 is 1.88 bits per heavy atom. The molecule has 7 nitrogen and oxygen atoms in total. The molecule has 186 valence electrons. The van der Waals surface area contributed by atoms with Gasteiger partial charge in [-0.25, -0.2) is 4.79 Å². The van der Waals surface area contributed by atoms with Crippen molar-refractivity contribution in [1.82, 2.24) is 19.6 Å². The summed E-state index contributed by atoms with van der Waals surface area (Å²) in [4.78, 5) is 18.9. The van der Waals surface area contributed by atoms with E-state index < -0.39 is 0 Å². The van der Waals surface area contributed by atoms with E-state index in [1.54, 1.807) is 11.3 Å². The van der Waals surface area contributed by atoms with Crippen LogP contribution in [0.4, 0.5) is 5.00 Å². The second-order valence-electron chi connectivity index (χ2n) is 9.13. The highest BCUT2D eigenvalue weighted by atomic mass is 32.1. The monoisotopic (exact) mass is 503 g/mol. The van der Waals surface area contributed by atoms with Crippen LogP contribution in [-0.2, 0) is 30.7 Å². The highest BCUT2D eigenvalue weighted by Gasteiger charge is 2.27. The minimum absolute atomic E-state index is 0.223. The zero-order valence-electron chi connectivity index (χ0n) is 20.7. The van der Waals surface area contributed by atoms with Crippen molar-refractivity contribution in [3.63, 3.8) is 0 Å². The fraction of sp³-hybridized carbons (Fsp3) is 0.640. The van der Waals surface area contributed by atoms with Gasteiger partial charge in [0.05, 0.1) is 17.9 Å². The summed E-state index contributed by atoms with van der Waals surface area (Å²) in [5, 5.41) is 9.58. The summed E-state index contributed by atoms with van der Waals surface area (Å²) in [6.45, 7) is 11.9. The molecule has 1 N–H and O–H groups in total. The first kappa shape index (κ1) is 25.1. The van der Waals surface area contributed by atoms with Gasteiger partial charge >= 0.3 is 5.97 Å². The fourth-order valence-corrected chi connectivity index (χ4v) is 6.45. The Balaban J connectivity index is 1.41. The number of hydrogen-bond donors (Lipinski definition) is 1. The maximum atomic E-state index is 12.9. The van der Waals surface area contributed by atoms with Gasteiger partial charge in [0.1, 0.15) is 5.00 Å². The number of nitrogens with one attached hydrogen (secondary N) is 1. The molecule has 9 heteroatoms. The molecule has 0 bridgehead atoms. The van der Waals surface area contributed by atoms with Gasteiger partial charge < -0.3 is 15.0 Å². The Morgan fingerprint density at radius 3 is 2.56 bits per heavy atom. The van der Waals surface area contributed by atoms with Crippen molar-refractivity contribution in [2.75, 3.05) is 38.1 Å². The van der Waals surface area contributed by atoms with Crippen LogP contribution >= 0.6 is 23.6 Å². The van der Waals surface area contributed by atoms with Crippen molar-refractivity contribution in [2.24, 2.45) is 0 Å². The highest BCUT2D eigenvalue weighted by Crippen LogP contribution is 2.37. The summed E-state index contributed by atoms with van der Waals surface area (Å²) < 4.78 is 7.45. The smallest absolute Gasteiger partial charge is 0.341 e. The number of rotatable bonds is 6. The number of fused-ring (bicyclic) bond motifs is 1. The first-order valence-corrected chi connectivity index (χ1v) is 13.9. The number of aromatic nitrogens is 2. The molecular weight excluding hydrogens is 466 g/mol. The number of aryl methyl sites for hydroxylation is 3. The minimum Gasteiger partial charge on any atom is -0.462 e. The van der Waals surface area contributed by atoms with Crippen molar-refractivity contribution in [2.45, 2.75) is 72.4 Å². The fourth-order valence-electron chi connectivity index (χ4n) is 4.83. The Labute approximate surface area is 212 Å². The van der Waals surface area contributed by atoms with Crippen LogP contribution in [0.25, 0.3) is 0 Å². The van der Waals surface area contributed by atoms with Crippen molar-refractivity contribution >= 4 is 39.6 Å². The molecule has 2 aromatic heterocycles.